The van der Waals surface area contributed by atoms with Gasteiger partial charge >= 0.3 is 0 Å². The number of imidazole rings is 1. The summed E-state index contributed by atoms with van der Waals surface area (Å²) in [6.45, 7) is 2.27. The molecule has 0 fully saturated rings. The van der Waals surface area contributed by atoms with Crippen LogP contribution >= 0.6 is 0 Å². The number of aromatic amines is 1. The predicted octanol–water partition coefficient (Wildman–Crippen LogP) is 2.46. The number of hydrogen-bond donors (Lipinski definition) is 2. The molecule has 4 rings (SSSR count). The smallest absolute Gasteiger partial charge is 0.240 e. The number of aromatic nitrogens is 2. The normalized spacial score (nSPS) is 13.5. The van der Waals surface area contributed by atoms with E-state index in [0.29, 0.717) is 13.0 Å². The molecule has 0 aliphatic carbocycles. The summed E-state index contributed by atoms with van der Waals surface area (Å²) in [5.74, 6) is 0.697. The Hall–Kier alpha value is -2.97. The van der Waals surface area contributed by atoms with Gasteiger partial charge in [0.25, 0.3) is 0 Å². The summed E-state index contributed by atoms with van der Waals surface area (Å²) >= 11 is 0. The SMILES string of the molecule is CC(=O)N1CCc2cc(S(=O)(=O)NCc3cccc(-c4ncc[nH]4)c3)ccc21. The molecule has 3 aromatic rings. The van der Waals surface area contributed by atoms with Crippen molar-refractivity contribution in [1.29, 1.82) is 0 Å². The van der Waals surface area contributed by atoms with Gasteiger partial charge in [0.1, 0.15) is 5.82 Å². The van der Waals surface area contributed by atoms with E-state index in [1.807, 2.05) is 24.3 Å². The first-order valence-corrected chi connectivity index (χ1v) is 10.4. The number of nitrogens with one attached hydrogen (secondary N) is 2. The first-order chi connectivity index (χ1) is 13.4. The minimum atomic E-state index is -3.66. The molecule has 7 nitrogen and oxygen atoms in total. The number of carbonyl (C=O) groups excluding carboxylic acids is 1. The molecule has 0 saturated carbocycles. The molecule has 0 spiro atoms. The molecule has 0 radical (unpaired) electrons. The van der Waals surface area contributed by atoms with Gasteiger partial charge in [-0.05, 0) is 41.8 Å². The minimum Gasteiger partial charge on any atom is -0.345 e. The Morgan fingerprint density at radius 2 is 2.11 bits per heavy atom. The van der Waals surface area contributed by atoms with Crippen molar-refractivity contribution in [2.24, 2.45) is 0 Å². The zero-order valence-corrected chi connectivity index (χ0v) is 16.2. The van der Waals surface area contributed by atoms with Crippen LogP contribution in [0.3, 0.4) is 0 Å². The third-order valence-electron chi connectivity index (χ3n) is 4.80. The molecule has 8 heteroatoms. The first-order valence-electron chi connectivity index (χ1n) is 8.93. The summed E-state index contributed by atoms with van der Waals surface area (Å²) in [4.78, 5) is 20.8. The van der Waals surface area contributed by atoms with E-state index in [1.54, 1.807) is 35.5 Å². The Kier molecular flexibility index (Phi) is 4.74. The molecule has 144 valence electrons. The molecule has 1 aliphatic rings. The molecule has 0 unspecified atom stereocenters. The maximum absolute atomic E-state index is 12.7. The van der Waals surface area contributed by atoms with Crippen molar-refractivity contribution in [3.05, 3.63) is 66.0 Å². The highest BCUT2D eigenvalue weighted by Crippen LogP contribution is 2.30. The highest BCUT2D eigenvalue weighted by Gasteiger charge is 2.24. The third-order valence-corrected chi connectivity index (χ3v) is 6.20. The van der Waals surface area contributed by atoms with E-state index in [4.69, 9.17) is 0 Å². The summed E-state index contributed by atoms with van der Waals surface area (Å²) in [5.41, 5.74) is 3.39. The number of anilines is 1. The average molecular weight is 396 g/mol. The minimum absolute atomic E-state index is 0.0380. The van der Waals surface area contributed by atoms with Crippen LogP contribution in [-0.4, -0.2) is 30.8 Å². The zero-order chi connectivity index (χ0) is 19.7. The van der Waals surface area contributed by atoms with Crippen molar-refractivity contribution in [1.82, 2.24) is 14.7 Å². The summed E-state index contributed by atoms with van der Waals surface area (Å²) in [5, 5.41) is 0. The number of fused-ring (bicyclic) bond motifs is 1. The maximum atomic E-state index is 12.7. The van der Waals surface area contributed by atoms with E-state index in [9.17, 15) is 13.2 Å². The van der Waals surface area contributed by atoms with Gasteiger partial charge in [0, 0.05) is 43.7 Å². The lowest BCUT2D eigenvalue weighted by Crippen LogP contribution is -2.26. The van der Waals surface area contributed by atoms with Gasteiger partial charge in [-0.3, -0.25) is 4.79 Å². The van der Waals surface area contributed by atoms with Crippen LogP contribution in [0.5, 0.6) is 0 Å². The lowest BCUT2D eigenvalue weighted by molar-refractivity contribution is -0.116. The molecule has 0 saturated heterocycles. The largest absolute Gasteiger partial charge is 0.345 e. The van der Waals surface area contributed by atoms with Crippen LogP contribution in [0.1, 0.15) is 18.1 Å². The van der Waals surface area contributed by atoms with Gasteiger partial charge in [0.15, 0.2) is 0 Å². The van der Waals surface area contributed by atoms with Gasteiger partial charge < -0.3 is 9.88 Å². The standard InChI is InChI=1S/C20H20N4O3S/c1-14(25)24-10-7-16-12-18(5-6-19(16)24)28(26,27)23-13-15-3-2-4-17(11-15)20-21-8-9-22-20/h2-6,8-9,11-12,23H,7,10,13H2,1H3,(H,21,22). The van der Waals surface area contributed by atoms with Crippen LogP contribution in [0.25, 0.3) is 11.4 Å². The third kappa shape index (κ3) is 3.56. The second kappa shape index (κ2) is 7.21. The van der Waals surface area contributed by atoms with Gasteiger partial charge in [-0.15, -0.1) is 0 Å². The van der Waals surface area contributed by atoms with Crippen LogP contribution in [-0.2, 0) is 27.8 Å². The highest BCUT2D eigenvalue weighted by molar-refractivity contribution is 7.89. The topological polar surface area (TPSA) is 95.2 Å². The molecule has 0 bridgehead atoms. The average Bonchev–Trinajstić information content (AvgIpc) is 3.36. The molecule has 2 heterocycles. The van der Waals surface area contributed by atoms with Gasteiger partial charge in [-0.1, -0.05) is 18.2 Å². The van der Waals surface area contributed by atoms with E-state index in [-0.39, 0.29) is 17.3 Å². The van der Waals surface area contributed by atoms with Crippen molar-refractivity contribution in [2.45, 2.75) is 24.8 Å². The van der Waals surface area contributed by atoms with Crippen LogP contribution in [0, 0.1) is 0 Å². The van der Waals surface area contributed by atoms with E-state index >= 15 is 0 Å². The van der Waals surface area contributed by atoms with Crippen molar-refractivity contribution in [2.75, 3.05) is 11.4 Å². The van der Waals surface area contributed by atoms with E-state index in [2.05, 4.69) is 14.7 Å². The number of nitrogens with zero attached hydrogens (tertiary/aromatic N) is 2. The van der Waals surface area contributed by atoms with E-state index in [0.717, 1.165) is 28.2 Å². The Bertz CT molecular complexity index is 1120. The summed E-state index contributed by atoms with van der Waals surface area (Å²) in [7, 11) is -3.66. The highest BCUT2D eigenvalue weighted by atomic mass is 32.2. The summed E-state index contributed by atoms with van der Waals surface area (Å²) < 4.78 is 28.1. The Labute approximate surface area is 163 Å². The Balaban J connectivity index is 1.51. The van der Waals surface area contributed by atoms with Crippen molar-refractivity contribution in [3.63, 3.8) is 0 Å². The molecular formula is C20H20N4O3S. The van der Waals surface area contributed by atoms with Gasteiger partial charge in [-0.2, -0.15) is 0 Å². The van der Waals surface area contributed by atoms with Crippen molar-refractivity contribution in [3.8, 4) is 11.4 Å². The fraction of sp³-hybridized carbons (Fsp3) is 0.200. The molecule has 2 N–H and O–H groups in total. The lowest BCUT2D eigenvalue weighted by atomic mass is 10.1. The Morgan fingerprint density at radius 3 is 2.86 bits per heavy atom. The van der Waals surface area contributed by atoms with Crippen LogP contribution in [0.4, 0.5) is 5.69 Å². The quantitative estimate of drug-likeness (QED) is 0.693. The maximum Gasteiger partial charge on any atom is 0.240 e. The second-order valence-electron chi connectivity index (χ2n) is 6.67. The predicted molar refractivity (Wildman–Crippen MR) is 106 cm³/mol. The van der Waals surface area contributed by atoms with E-state index in [1.165, 1.54) is 6.92 Å². The van der Waals surface area contributed by atoms with Crippen molar-refractivity contribution >= 4 is 21.6 Å². The molecule has 1 aromatic heterocycles. The monoisotopic (exact) mass is 396 g/mol. The number of sulfonamides is 1. The lowest BCUT2D eigenvalue weighted by Gasteiger charge is -2.15. The molecule has 1 amide bonds. The number of H-pyrrole nitrogens is 1. The number of rotatable bonds is 5. The molecule has 2 aromatic carbocycles. The van der Waals surface area contributed by atoms with Crippen LogP contribution < -0.4 is 9.62 Å². The van der Waals surface area contributed by atoms with Crippen LogP contribution in [0.15, 0.2) is 59.8 Å². The first kappa shape index (κ1) is 18.4. The van der Waals surface area contributed by atoms with Gasteiger partial charge in [0.05, 0.1) is 4.90 Å². The fourth-order valence-corrected chi connectivity index (χ4v) is 4.45. The zero-order valence-electron chi connectivity index (χ0n) is 15.3. The van der Waals surface area contributed by atoms with E-state index < -0.39 is 10.0 Å². The number of carbonyl (C=O) groups is 1. The molecular weight excluding hydrogens is 376 g/mol. The molecule has 1 aliphatic heterocycles. The summed E-state index contributed by atoms with van der Waals surface area (Å²) in [6, 6.07) is 12.4. The van der Waals surface area contributed by atoms with Crippen molar-refractivity contribution < 1.29 is 13.2 Å². The number of amides is 1. The Morgan fingerprint density at radius 1 is 1.25 bits per heavy atom. The molecule has 28 heavy (non-hydrogen) atoms. The molecule has 0 atom stereocenters. The summed E-state index contributed by atoms with van der Waals surface area (Å²) in [6.07, 6.45) is 4.07. The fourth-order valence-electron chi connectivity index (χ4n) is 3.39. The van der Waals surface area contributed by atoms with Gasteiger partial charge in [0.2, 0.25) is 15.9 Å². The number of hydrogen-bond acceptors (Lipinski definition) is 4. The van der Waals surface area contributed by atoms with Crippen LogP contribution in [0.2, 0.25) is 0 Å². The second-order valence-corrected chi connectivity index (χ2v) is 8.44. The number of benzene rings is 2. The van der Waals surface area contributed by atoms with Gasteiger partial charge in [-0.25, -0.2) is 18.1 Å².